The monoisotopic (exact) mass is 356 g/mol. The van der Waals surface area contributed by atoms with Crippen LogP contribution in [-0.4, -0.2) is 25.8 Å². The van der Waals surface area contributed by atoms with E-state index in [9.17, 15) is 9.59 Å². The number of rotatable bonds is 5. The lowest BCUT2D eigenvalue weighted by Gasteiger charge is -2.12. The van der Waals surface area contributed by atoms with Crippen LogP contribution in [0.5, 0.6) is 11.5 Å². The first-order valence-corrected chi connectivity index (χ1v) is 8.27. The van der Waals surface area contributed by atoms with Gasteiger partial charge in [0.1, 0.15) is 17.1 Å². The van der Waals surface area contributed by atoms with Gasteiger partial charge in [0.05, 0.1) is 18.6 Å². The van der Waals surface area contributed by atoms with Crippen molar-refractivity contribution in [3.8, 4) is 11.5 Å². The number of hydrogen-bond acceptors (Lipinski definition) is 6. The smallest absolute Gasteiger partial charge is 0.344 e. The number of benzene rings is 2. The second-order valence-corrected chi connectivity index (χ2v) is 6.19. The summed E-state index contributed by atoms with van der Waals surface area (Å²) in [7, 11) is 1.54. The van der Waals surface area contributed by atoms with Crippen LogP contribution in [0.1, 0.15) is 19.4 Å². The number of fused-ring (bicyclic) bond motifs is 3. The van der Waals surface area contributed by atoms with Crippen molar-refractivity contribution < 1.29 is 23.4 Å². The molecule has 0 aliphatic carbocycles. The molecule has 136 valence electrons. The van der Waals surface area contributed by atoms with Gasteiger partial charge in [0.2, 0.25) is 0 Å². The normalized spacial score (nSPS) is 11.1. The number of carbonyl (C=O) groups is 1. The Morgan fingerprint density at radius 1 is 1.12 bits per heavy atom. The second-order valence-electron chi connectivity index (χ2n) is 6.19. The molecule has 26 heavy (non-hydrogen) atoms. The molecule has 1 heterocycles. The van der Waals surface area contributed by atoms with Crippen LogP contribution < -0.4 is 15.1 Å². The number of ether oxygens (including phenoxy) is 3. The average Bonchev–Trinajstić information content (AvgIpc) is 2.61. The van der Waals surface area contributed by atoms with Crippen molar-refractivity contribution in [3.05, 3.63) is 46.3 Å². The number of carbonyl (C=O) groups excluding carboxylic acids is 1. The summed E-state index contributed by atoms with van der Waals surface area (Å²) < 4.78 is 21.3. The van der Waals surface area contributed by atoms with Crippen LogP contribution in [0.3, 0.4) is 0 Å². The third kappa shape index (κ3) is 3.35. The quantitative estimate of drug-likeness (QED) is 0.395. The van der Waals surface area contributed by atoms with Crippen molar-refractivity contribution >= 4 is 27.7 Å². The van der Waals surface area contributed by atoms with E-state index in [0.29, 0.717) is 28.0 Å². The van der Waals surface area contributed by atoms with E-state index in [1.807, 2.05) is 12.1 Å². The molecule has 0 N–H and O–H groups in total. The van der Waals surface area contributed by atoms with Crippen LogP contribution in [-0.2, 0) is 9.53 Å². The Bertz CT molecular complexity index is 1030. The summed E-state index contributed by atoms with van der Waals surface area (Å²) in [6.45, 7) is 5.12. The third-order valence-electron chi connectivity index (χ3n) is 4.00. The highest BCUT2D eigenvalue weighted by atomic mass is 16.6. The largest absolute Gasteiger partial charge is 0.497 e. The molecule has 0 bridgehead atoms. The van der Waals surface area contributed by atoms with Gasteiger partial charge in [-0.3, -0.25) is 0 Å². The Hall–Kier alpha value is -3.02. The number of hydrogen-bond donors (Lipinski definition) is 0. The molecule has 0 saturated carbocycles. The lowest BCUT2D eigenvalue weighted by atomic mass is 10.0. The number of esters is 1. The van der Waals surface area contributed by atoms with Gasteiger partial charge in [-0.2, -0.15) is 0 Å². The summed E-state index contributed by atoms with van der Waals surface area (Å²) in [5.41, 5.74) is 0.628. The van der Waals surface area contributed by atoms with Gasteiger partial charge in [0, 0.05) is 16.3 Å². The fraction of sp³-hybridized carbons (Fsp3) is 0.300. The fourth-order valence-electron chi connectivity index (χ4n) is 2.81. The van der Waals surface area contributed by atoms with Crippen LogP contribution in [0, 0.1) is 6.92 Å². The third-order valence-corrected chi connectivity index (χ3v) is 4.00. The summed E-state index contributed by atoms with van der Waals surface area (Å²) in [5.74, 6) is 0.602. The van der Waals surface area contributed by atoms with Crippen molar-refractivity contribution in [2.75, 3.05) is 13.7 Å². The van der Waals surface area contributed by atoms with E-state index < -0.39 is 11.6 Å². The second kappa shape index (κ2) is 7.07. The van der Waals surface area contributed by atoms with E-state index in [1.54, 1.807) is 46.1 Å². The zero-order chi connectivity index (χ0) is 18.8. The molecule has 6 heteroatoms. The van der Waals surface area contributed by atoms with Crippen LogP contribution in [0.25, 0.3) is 21.7 Å². The standard InChI is InChI=1S/C20H20O6/c1-11(2)25-18(21)10-24-17-8-7-15-14-6-5-13(23-4)9-16(14)20(22)26-19(15)12(17)3/h5-9,11H,10H2,1-4H3. The predicted molar refractivity (Wildman–Crippen MR) is 98.0 cm³/mol. The molecular formula is C20H20O6. The van der Waals surface area contributed by atoms with Gasteiger partial charge in [0.25, 0.3) is 0 Å². The van der Waals surface area contributed by atoms with Crippen LogP contribution in [0.4, 0.5) is 0 Å². The van der Waals surface area contributed by atoms with Crippen molar-refractivity contribution in [1.29, 1.82) is 0 Å². The minimum atomic E-state index is -0.453. The van der Waals surface area contributed by atoms with E-state index in [4.69, 9.17) is 18.6 Å². The first-order valence-electron chi connectivity index (χ1n) is 8.27. The molecule has 6 nitrogen and oxygen atoms in total. The Morgan fingerprint density at radius 2 is 1.85 bits per heavy atom. The number of aryl methyl sites for hydroxylation is 1. The maximum atomic E-state index is 12.4. The summed E-state index contributed by atoms with van der Waals surface area (Å²) in [4.78, 5) is 24.0. The Balaban J connectivity index is 2.03. The van der Waals surface area contributed by atoms with Gasteiger partial charge in [-0.05, 0) is 51.1 Å². The molecule has 1 aromatic heterocycles. The highest BCUT2D eigenvalue weighted by Crippen LogP contribution is 2.32. The molecule has 3 rings (SSSR count). The molecule has 0 unspecified atom stereocenters. The summed E-state index contributed by atoms with van der Waals surface area (Å²) >= 11 is 0. The zero-order valence-electron chi connectivity index (χ0n) is 15.1. The van der Waals surface area contributed by atoms with Gasteiger partial charge in [0.15, 0.2) is 6.61 Å². The maximum Gasteiger partial charge on any atom is 0.344 e. The van der Waals surface area contributed by atoms with E-state index in [2.05, 4.69) is 0 Å². The molecule has 0 aliphatic rings. The Kier molecular flexibility index (Phi) is 4.84. The lowest BCUT2D eigenvalue weighted by molar-refractivity contribution is -0.149. The summed E-state index contributed by atoms with van der Waals surface area (Å²) in [5, 5.41) is 2.01. The molecule has 0 amide bonds. The van der Waals surface area contributed by atoms with E-state index in [0.717, 1.165) is 10.8 Å². The molecule has 3 aromatic rings. The lowest BCUT2D eigenvalue weighted by Crippen LogP contribution is -2.19. The van der Waals surface area contributed by atoms with Gasteiger partial charge >= 0.3 is 11.6 Å². The molecule has 2 aromatic carbocycles. The SMILES string of the molecule is COc1ccc2c(c1)c(=O)oc1c(C)c(OCC(=O)OC(C)C)ccc12. The zero-order valence-corrected chi connectivity index (χ0v) is 15.1. The minimum absolute atomic E-state index is 0.204. The van der Waals surface area contributed by atoms with Gasteiger partial charge in [-0.15, -0.1) is 0 Å². The highest BCUT2D eigenvalue weighted by molar-refractivity contribution is 6.06. The average molecular weight is 356 g/mol. The fourth-order valence-corrected chi connectivity index (χ4v) is 2.81. The molecule has 0 spiro atoms. The molecule has 0 aliphatic heterocycles. The molecular weight excluding hydrogens is 336 g/mol. The topological polar surface area (TPSA) is 75.0 Å². The summed E-state index contributed by atoms with van der Waals surface area (Å²) in [6.07, 6.45) is -0.204. The Labute approximate surface area is 150 Å². The molecule has 0 saturated heterocycles. The molecule has 0 atom stereocenters. The van der Waals surface area contributed by atoms with Gasteiger partial charge in [-0.25, -0.2) is 9.59 Å². The first kappa shape index (κ1) is 17.8. The Morgan fingerprint density at radius 3 is 2.54 bits per heavy atom. The van der Waals surface area contributed by atoms with Crippen molar-refractivity contribution in [3.63, 3.8) is 0 Å². The van der Waals surface area contributed by atoms with Crippen LogP contribution in [0.2, 0.25) is 0 Å². The van der Waals surface area contributed by atoms with Gasteiger partial charge < -0.3 is 18.6 Å². The van der Waals surface area contributed by atoms with Crippen molar-refractivity contribution in [2.45, 2.75) is 26.9 Å². The molecule has 0 fully saturated rings. The van der Waals surface area contributed by atoms with E-state index >= 15 is 0 Å². The first-order chi connectivity index (χ1) is 12.4. The highest BCUT2D eigenvalue weighted by Gasteiger charge is 2.14. The molecule has 0 radical (unpaired) electrons. The van der Waals surface area contributed by atoms with Crippen molar-refractivity contribution in [1.82, 2.24) is 0 Å². The van der Waals surface area contributed by atoms with Gasteiger partial charge in [-0.1, -0.05) is 0 Å². The van der Waals surface area contributed by atoms with E-state index in [-0.39, 0.29) is 12.7 Å². The predicted octanol–water partition coefficient (Wildman–Crippen LogP) is 3.59. The number of methoxy groups -OCH3 is 1. The minimum Gasteiger partial charge on any atom is -0.497 e. The van der Waals surface area contributed by atoms with Crippen molar-refractivity contribution in [2.24, 2.45) is 0 Å². The van der Waals surface area contributed by atoms with Crippen LogP contribution >= 0.6 is 0 Å². The van der Waals surface area contributed by atoms with Crippen LogP contribution in [0.15, 0.2) is 39.5 Å². The summed E-state index contributed by atoms with van der Waals surface area (Å²) in [6, 6.07) is 8.84. The maximum absolute atomic E-state index is 12.4. The van der Waals surface area contributed by atoms with E-state index in [1.165, 1.54) is 0 Å².